The first-order valence-corrected chi connectivity index (χ1v) is 3.45. The van der Waals surface area contributed by atoms with Crippen molar-refractivity contribution in [1.29, 1.82) is 0 Å². The highest BCUT2D eigenvalue weighted by molar-refractivity contribution is 7.17. The quantitative estimate of drug-likeness (QED) is 0.532. The Balaban J connectivity index is 2.84. The average molecular weight is 128 g/mol. The van der Waals surface area contributed by atoms with E-state index in [0.717, 1.165) is 5.69 Å². The first kappa shape index (κ1) is 5.72. The molecule has 8 heavy (non-hydrogen) atoms. The minimum absolute atomic E-state index is 0.627. The number of rotatable bonds is 1. The summed E-state index contributed by atoms with van der Waals surface area (Å²) in [5.74, 6) is 0. The molecule has 1 unspecified atom stereocenters. The normalized spacial score (nSPS) is 12.0. The number of hydrogen-bond donors (Lipinski definition) is 0. The molecule has 0 fully saturated rings. The molecule has 0 aromatic carbocycles. The van der Waals surface area contributed by atoms with Crippen molar-refractivity contribution >= 4 is 10.9 Å². The maximum absolute atomic E-state index is 10.4. The van der Waals surface area contributed by atoms with Crippen LogP contribution in [0.2, 0.25) is 0 Å². The van der Waals surface area contributed by atoms with E-state index in [4.69, 9.17) is 0 Å². The second-order valence-electron chi connectivity index (χ2n) is 1.41. The molecule has 0 saturated heterocycles. The molecule has 3 heteroatoms. The van der Waals surface area contributed by atoms with Crippen LogP contribution in [0.4, 0.5) is 0 Å². The minimum atomic E-state index is -1.09. The van der Waals surface area contributed by atoms with Crippen LogP contribution in [0.5, 0.6) is 0 Å². The molecule has 0 amide bonds. The second kappa shape index (κ2) is 2.24. The van der Waals surface area contributed by atoms with Crippen LogP contribution in [0, 0.1) is 6.92 Å². The highest BCUT2D eigenvalue weighted by Gasteiger charge is 1.96. The van der Waals surface area contributed by atoms with Gasteiger partial charge in [0.1, 0.15) is 5.69 Å². The van der Waals surface area contributed by atoms with Crippen molar-refractivity contribution in [2.45, 2.75) is 6.42 Å². The van der Waals surface area contributed by atoms with E-state index in [2.05, 4.69) is 11.3 Å². The predicted molar refractivity (Wildman–Crippen MR) is 32.0 cm³/mol. The fraction of sp³-hybridized carbons (Fsp3) is 0.200. The topological polar surface area (TPSA) is 36.0 Å². The standard InChI is InChI=1S/C5H6NOS/c1-2-5-3-4-8(7)6-5/h3-4H,1-2H2. The molecule has 0 bridgehead atoms. The van der Waals surface area contributed by atoms with Gasteiger partial charge in [0.2, 0.25) is 0 Å². The van der Waals surface area contributed by atoms with Crippen LogP contribution in [-0.4, -0.2) is 8.93 Å². The Bertz CT molecular complexity index is 173. The highest BCUT2D eigenvalue weighted by atomic mass is 32.2. The third-order valence-electron chi connectivity index (χ3n) is 0.840. The summed E-state index contributed by atoms with van der Waals surface area (Å²) in [6, 6.07) is 1.74. The number of hydrogen-bond acceptors (Lipinski definition) is 2. The van der Waals surface area contributed by atoms with Gasteiger partial charge in [-0.15, -0.1) is 0 Å². The van der Waals surface area contributed by atoms with Crippen LogP contribution in [-0.2, 0) is 6.42 Å². The van der Waals surface area contributed by atoms with Gasteiger partial charge >= 0.3 is 0 Å². The van der Waals surface area contributed by atoms with E-state index in [-0.39, 0.29) is 0 Å². The molecular weight excluding hydrogens is 122 g/mol. The van der Waals surface area contributed by atoms with Crippen molar-refractivity contribution in [3.8, 4) is 0 Å². The summed E-state index contributed by atoms with van der Waals surface area (Å²) < 4.78 is 14.1. The van der Waals surface area contributed by atoms with Crippen molar-refractivity contribution in [2.75, 3.05) is 0 Å². The lowest BCUT2D eigenvalue weighted by Gasteiger charge is -1.77. The Morgan fingerprint density at radius 1 is 1.88 bits per heavy atom. The molecule has 0 N–H and O–H groups in total. The molecule has 0 saturated carbocycles. The van der Waals surface area contributed by atoms with E-state index in [1.165, 1.54) is 0 Å². The molecule has 0 aliphatic rings. The molecule has 43 valence electrons. The van der Waals surface area contributed by atoms with Crippen molar-refractivity contribution < 1.29 is 4.55 Å². The Kier molecular flexibility index (Phi) is 1.60. The highest BCUT2D eigenvalue weighted by Crippen LogP contribution is 2.08. The van der Waals surface area contributed by atoms with E-state index < -0.39 is 10.9 Å². The van der Waals surface area contributed by atoms with E-state index in [1.807, 2.05) is 0 Å². The Hall–Kier alpha value is -0.410. The summed E-state index contributed by atoms with van der Waals surface area (Å²) in [6.45, 7) is 3.59. The molecule has 2 nitrogen and oxygen atoms in total. The van der Waals surface area contributed by atoms with Crippen LogP contribution in [0.3, 0.4) is 0 Å². The van der Waals surface area contributed by atoms with Crippen molar-refractivity contribution in [2.24, 2.45) is 0 Å². The number of nitrogens with zero attached hydrogens (tertiary/aromatic N) is 1. The molecule has 1 heterocycles. The first-order valence-electron chi connectivity index (χ1n) is 2.28. The third-order valence-corrected chi connectivity index (χ3v) is 1.62. The Morgan fingerprint density at radius 2 is 2.62 bits per heavy atom. The molecule has 1 aromatic heterocycles. The van der Waals surface area contributed by atoms with E-state index >= 15 is 0 Å². The lowest BCUT2D eigenvalue weighted by Crippen LogP contribution is -1.74. The largest absolute Gasteiger partial charge is 0.569 e. The van der Waals surface area contributed by atoms with Gasteiger partial charge in [-0.25, -0.2) is 0 Å². The minimum Gasteiger partial charge on any atom is -0.569 e. The smallest absolute Gasteiger partial charge is 0.163 e. The Labute approximate surface area is 51.1 Å². The molecular formula is C5H6NOS. The van der Waals surface area contributed by atoms with Gasteiger partial charge in [0, 0.05) is 6.07 Å². The lowest BCUT2D eigenvalue weighted by atomic mass is 10.4. The summed E-state index contributed by atoms with van der Waals surface area (Å²) >= 11 is 0. The van der Waals surface area contributed by atoms with Gasteiger partial charge in [0.05, 0.1) is 10.9 Å². The van der Waals surface area contributed by atoms with Crippen LogP contribution < -0.4 is 0 Å². The molecule has 1 rings (SSSR count). The van der Waals surface area contributed by atoms with Gasteiger partial charge in [-0.3, -0.25) is 0 Å². The third kappa shape index (κ3) is 1.05. The lowest BCUT2D eigenvalue weighted by molar-refractivity contribution is 0.591. The van der Waals surface area contributed by atoms with E-state index in [1.54, 1.807) is 11.4 Å². The molecule has 1 radical (unpaired) electrons. The fourth-order valence-corrected chi connectivity index (χ4v) is 1.16. The van der Waals surface area contributed by atoms with Crippen molar-refractivity contribution in [1.82, 2.24) is 4.37 Å². The molecule has 1 atom stereocenters. The van der Waals surface area contributed by atoms with E-state index in [9.17, 15) is 4.55 Å². The molecule has 0 spiro atoms. The summed E-state index contributed by atoms with van der Waals surface area (Å²) in [4.78, 5) is 0. The van der Waals surface area contributed by atoms with Crippen molar-refractivity contribution in [3.63, 3.8) is 0 Å². The van der Waals surface area contributed by atoms with Gasteiger partial charge in [0.15, 0.2) is 5.38 Å². The molecule has 1 aromatic rings. The first-order chi connectivity index (χ1) is 3.83. The predicted octanol–water partition coefficient (Wildman–Crippen LogP) is 1.19. The van der Waals surface area contributed by atoms with Crippen LogP contribution in [0.25, 0.3) is 0 Å². The fourth-order valence-electron chi connectivity index (χ4n) is 0.442. The summed E-state index contributed by atoms with van der Waals surface area (Å²) in [5, 5.41) is 1.56. The number of aromatic nitrogens is 1. The summed E-state index contributed by atoms with van der Waals surface area (Å²) in [5.41, 5.74) is 0.823. The van der Waals surface area contributed by atoms with Gasteiger partial charge in [-0.2, -0.15) is 0 Å². The summed E-state index contributed by atoms with van der Waals surface area (Å²) in [6.07, 6.45) is 0.627. The summed E-state index contributed by atoms with van der Waals surface area (Å²) in [7, 11) is -1.09. The van der Waals surface area contributed by atoms with E-state index in [0.29, 0.717) is 6.42 Å². The van der Waals surface area contributed by atoms with Gasteiger partial charge in [-0.05, 0) is 17.7 Å². The average Bonchev–Trinajstić information content (AvgIpc) is 2.14. The van der Waals surface area contributed by atoms with Gasteiger partial charge < -0.3 is 4.55 Å². The maximum Gasteiger partial charge on any atom is 0.163 e. The second-order valence-corrected chi connectivity index (χ2v) is 2.42. The molecule has 0 aliphatic carbocycles. The monoisotopic (exact) mass is 128 g/mol. The maximum atomic E-state index is 10.4. The zero-order valence-corrected chi connectivity index (χ0v) is 5.15. The van der Waals surface area contributed by atoms with Crippen LogP contribution >= 0.6 is 10.9 Å². The SMILES string of the molecule is [CH2]Cc1cc[s+]([O-])n1. The van der Waals surface area contributed by atoms with Gasteiger partial charge in [-0.1, -0.05) is 0 Å². The zero-order valence-electron chi connectivity index (χ0n) is 4.33. The van der Waals surface area contributed by atoms with Gasteiger partial charge in [0.25, 0.3) is 0 Å². The van der Waals surface area contributed by atoms with Crippen LogP contribution in [0.1, 0.15) is 5.69 Å². The zero-order chi connectivity index (χ0) is 5.98. The Morgan fingerprint density at radius 3 is 2.88 bits per heavy atom. The molecule has 0 aliphatic heterocycles. The van der Waals surface area contributed by atoms with Crippen molar-refractivity contribution in [3.05, 3.63) is 24.1 Å². The van der Waals surface area contributed by atoms with Crippen LogP contribution in [0.15, 0.2) is 11.4 Å².